The zero-order chi connectivity index (χ0) is 47.5. The summed E-state index contributed by atoms with van der Waals surface area (Å²) in [4.78, 5) is 22.2. The monoisotopic (exact) mass is 1120 g/mol. The van der Waals surface area contributed by atoms with Crippen LogP contribution in [-0.2, 0) is 25.2 Å². The van der Waals surface area contributed by atoms with E-state index in [0.29, 0.717) is 30.1 Å². The van der Waals surface area contributed by atoms with Gasteiger partial charge in [-0.25, -0.2) is 0 Å². The number of aryl methyl sites for hydroxylation is 7. The molecule has 0 aliphatic carbocycles. The molecule has 0 atom stereocenters. The first-order chi connectivity index (χ1) is 30.0. The van der Waals surface area contributed by atoms with Gasteiger partial charge in [-0.1, -0.05) is 94.9 Å². The van der Waals surface area contributed by atoms with E-state index in [-0.39, 0.29) is 74.9 Å². The molecule has 0 radical (unpaired) electrons. The minimum Gasteiger partial charge on any atom is -0.508 e. The van der Waals surface area contributed by atoms with Crippen molar-refractivity contribution in [2.24, 2.45) is 0 Å². The standard InChI is InChI=1S/C23H28O6.C18H22O.C14H14O2.CH4.U/c1-15-13-17(5-7-19(15)24)23(3,18-6-8-20(25)16(2)14-18)11-4-12-29-22(28)10-9-21(26)27;1-12-6-7-15(10-13(12)2)18(4,5)16-8-9-17(19)14(3)11-16;1-9-7-11(3-5-13(9)15)12-4-6-14(16)10(2)8-12;;/h5-8,13-14,24-25H,4,9-12H2,1-3H3,(H,26,27);6-11,19H,1-5H3;3-8,15-16H,1-2H3;1H4;. The third kappa shape index (κ3) is 14.9. The van der Waals surface area contributed by atoms with Gasteiger partial charge in [0.25, 0.3) is 0 Å². The number of benzene rings is 6. The topological polar surface area (TPSA) is 165 Å². The predicted molar refractivity (Wildman–Crippen MR) is 262 cm³/mol. The molecule has 0 heterocycles. The van der Waals surface area contributed by atoms with Crippen LogP contribution in [0.4, 0.5) is 0 Å². The average Bonchev–Trinajstić information content (AvgIpc) is 3.25. The van der Waals surface area contributed by atoms with Crippen LogP contribution in [0.3, 0.4) is 0 Å². The van der Waals surface area contributed by atoms with Gasteiger partial charge in [0.05, 0.1) is 19.4 Å². The van der Waals surface area contributed by atoms with Gasteiger partial charge in [-0.2, -0.15) is 0 Å². The number of carboxylic acids is 1. The average molecular weight is 1120 g/mol. The van der Waals surface area contributed by atoms with Crippen LogP contribution in [0.25, 0.3) is 11.1 Å². The van der Waals surface area contributed by atoms with Crippen molar-refractivity contribution in [3.05, 3.63) is 170 Å². The molecule has 66 heavy (non-hydrogen) atoms. The molecule has 0 spiro atoms. The number of aromatic hydroxyl groups is 5. The van der Waals surface area contributed by atoms with Crippen molar-refractivity contribution in [2.75, 3.05) is 6.61 Å². The Balaban J connectivity index is 0.000000352. The van der Waals surface area contributed by atoms with E-state index in [1.54, 1.807) is 30.3 Å². The molecule has 0 aliphatic heterocycles. The van der Waals surface area contributed by atoms with E-state index in [4.69, 9.17) is 9.84 Å². The SMILES string of the molecule is C.Cc1cc(-c2ccc(O)c(C)c2)ccc1O.Cc1cc(C(C)(CCCOC(=O)CCC(=O)O)c2ccc(O)c(C)c2)ccc1O.Cc1ccc(C(C)(C)c2ccc(O)c(C)c2)cc1C.[U]. The van der Waals surface area contributed by atoms with Crippen LogP contribution < -0.4 is 0 Å². The third-order valence-electron chi connectivity index (χ3n) is 12.2. The summed E-state index contributed by atoms with van der Waals surface area (Å²) < 4.78 is 5.16. The van der Waals surface area contributed by atoms with Crippen LogP contribution in [-0.4, -0.2) is 49.2 Å². The minimum atomic E-state index is -1.03. The zero-order valence-electron chi connectivity index (χ0n) is 39.3. The van der Waals surface area contributed by atoms with Crippen molar-refractivity contribution in [1.29, 1.82) is 0 Å². The first kappa shape index (κ1) is 56.4. The molecule has 6 rings (SSSR count). The Morgan fingerprint density at radius 3 is 1.20 bits per heavy atom. The van der Waals surface area contributed by atoms with Gasteiger partial charge in [0.2, 0.25) is 0 Å². The van der Waals surface area contributed by atoms with E-state index in [1.165, 1.54) is 22.3 Å². The summed E-state index contributed by atoms with van der Waals surface area (Å²) in [6, 6.07) is 34.5. The van der Waals surface area contributed by atoms with Gasteiger partial charge >= 0.3 is 11.9 Å². The van der Waals surface area contributed by atoms with Crippen LogP contribution in [0.2, 0.25) is 0 Å². The fourth-order valence-electron chi connectivity index (χ4n) is 7.36. The van der Waals surface area contributed by atoms with Crippen LogP contribution in [0.15, 0.2) is 109 Å². The van der Waals surface area contributed by atoms with Crippen molar-refractivity contribution in [1.82, 2.24) is 0 Å². The number of hydrogen-bond acceptors (Lipinski definition) is 8. The normalized spacial score (nSPS) is 10.8. The number of phenols is 5. The van der Waals surface area contributed by atoms with E-state index in [1.807, 2.05) is 89.2 Å². The molecule has 9 nitrogen and oxygen atoms in total. The number of carbonyl (C=O) groups is 2. The summed E-state index contributed by atoms with van der Waals surface area (Å²) in [5.41, 5.74) is 13.0. The molecule has 0 amide bonds. The van der Waals surface area contributed by atoms with Gasteiger partial charge in [-0.15, -0.1) is 0 Å². The molecule has 0 saturated carbocycles. The predicted octanol–water partition coefficient (Wildman–Crippen LogP) is 12.9. The van der Waals surface area contributed by atoms with E-state index < -0.39 is 17.4 Å². The van der Waals surface area contributed by atoms with Crippen LogP contribution >= 0.6 is 0 Å². The first-order valence-corrected chi connectivity index (χ1v) is 21.5. The van der Waals surface area contributed by atoms with E-state index in [9.17, 15) is 35.1 Å². The van der Waals surface area contributed by atoms with Gasteiger partial charge in [0, 0.05) is 41.9 Å². The molecule has 0 saturated heterocycles. The maximum absolute atomic E-state index is 11.6. The largest absolute Gasteiger partial charge is 0.508 e. The summed E-state index contributed by atoms with van der Waals surface area (Å²) in [5.74, 6) is -0.121. The fourth-order valence-corrected chi connectivity index (χ4v) is 7.36. The van der Waals surface area contributed by atoms with Crippen molar-refractivity contribution in [2.45, 2.75) is 113 Å². The Labute approximate surface area is 415 Å². The van der Waals surface area contributed by atoms with Crippen molar-refractivity contribution >= 4 is 11.9 Å². The maximum atomic E-state index is 11.6. The molecule has 350 valence electrons. The minimum absolute atomic E-state index is 0. The van der Waals surface area contributed by atoms with Gasteiger partial charge in [0.15, 0.2) is 0 Å². The summed E-state index contributed by atoms with van der Waals surface area (Å²) in [6.45, 7) is 20.4. The molecular formula is C56H68O9U. The summed E-state index contributed by atoms with van der Waals surface area (Å²) in [6.07, 6.45) is 0.861. The van der Waals surface area contributed by atoms with Crippen molar-refractivity contribution in [3.8, 4) is 39.9 Å². The molecule has 0 unspecified atom stereocenters. The smallest absolute Gasteiger partial charge is 0.306 e. The number of esters is 1. The molecule has 0 bridgehead atoms. The zero-order valence-corrected chi connectivity index (χ0v) is 43.5. The molecule has 0 aromatic heterocycles. The Hall–Kier alpha value is -5.69. The quantitative estimate of drug-likeness (QED) is 0.0517. The number of rotatable bonds is 12. The van der Waals surface area contributed by atoms with Crippen molar-refractivity contribution < 1.29 is 76.1 Å². The van der Waals surface area contributed by atoms with Crippen molar-refractivity contribution in [3.63, 3.8) is 0 Å². The Bertz CT molecular complexity index is 2440. The Morgan fingerprint density at radius 2 is 0.818 bits per heavy atom. The van der Waals surface area contributed by atoms with Gasteiger partial charge < -0.3 is 35.4 Å². The second kappa shape index (κ2) is 24.7. The molecule has 0 aliphatic rings. The summed E-state index contributed by atoms with van der Waals surface area (Å²) >= 11 is 0. The first-order valence-electron chi connectivity index (χ1n) is 21.5. The molecule has 6 aromatic rings. The number of aliphatic carboxylic acids is 1. The van der Waals surface area contributed by atoms with E-state index in [0.717, 1.165) is 50.1 Å². The number of ether oxygens (including phenoxy) is 1. The number of hydrogen-bond donors (Lipinski definition) is 6. The van der Waals surface area contributed by atoms with Crippen LogP contribution in [0.5, 0.6) is 28.7 Å². The Kier molecular flexibility index (Phi) is 21.1. The second-order valence-electron chi connectivity index (χ2n) is 17.5. The van der Waals surface area contributed by atoms with E-state index in [2.05, 4.69) is 58.9 Å². The number of carbonyl (C=O) groups excluding carboxylic acids is 1. The van der Waals surface area contributed by atoms with Gasteiger partial charge in [0.1, 0.15) is 28.7 Å². The second-order valence-corrected chi connectivity index (χ2v) is 17.5. The molecular weight excluding hydrogens is 1050 g/mol. The summed E-state index contributed by atoms with van der Waals surface area (Å²) in [7, 11) is 0. The van der Waals surface area contributed by atoms with Gasteiger partial charge in [-0.05, 0) is 176 Å². The van der Waals surface area contributed by atoms with Crippen LogP contribution in [0.1, 0.15) is 115 Å². The van der Waals surface area contributed by atoms with Crippen LogP contribution in [0, 0.1) is 79.6 Å². The number of phenolic OH excluding ortho intramolecular Hbond substituents is 5. The maximum Gasteiger partial charge on any atom is 0.306 e. The molecule has 10 heteroatoms. The molecule has 0 fully saturated rings. The Morgan fingerprint density at radius 1 is 0.470 bits per heavy atom. The third-order valence-corrected chi connectivity index (χ3v) is 12.2. The summed E-state index contributed by atoms with van der Waals surface area (Å²) in [5, 5.41) is 57.0. The van der Waals surface area contributed by atoms with Gasteiger partial charge in [-0.3, -0.25) is 9.59 Å². The molecule has 6 aromatic carbocycles. The molecule has 6 N–H and O–H groups in total. The van der Waals surface area contributed by atoms with E-state index >= 15 is 0 Å². The fraction of sp³-hybridized carbons (Fsp3) is 0.321. The number of carboxylic acid groups (broad SMARTS) is 1.